The van der Waals surface area contributed by atoms with Gasteiger partial charge >= 0.3 is 5.97 Å². The van der Waals surface area contributed by atoms with Crippen molar-refractivity contribution < 1.29 is 9.53 Å². The van der Waals surface area contributed by atoms with Gasteiger partial charge in [0.2, 0.25) is 0 Å². The smallest absolute Gasteiger partial charge is 0.330 e. The summed E-state index contributed by atoms with van der Waals surface area (Å²) in [6, 6.07) is 3.16. The van der Waals surface area contributed by atoms with E-state index in [-0.39, 0.29) is 12.2 Å². The number of aromatic nitrogens is 3. The molecule has 0 N–H and O–H groups in total. The van der Waals surface area contributed by atoms with E-state index >= 15 is 0 Å². The molecule has 3 aromatic rings. The fourth-order valence-corrected chi connectivity index (χ4v) is 3.55. The van der Waals surface area contributed by atoms with Gasteiger partial charge in [-0.2, -0.15) is 5.10 Å². The van der Waals surface area contributed by atoms with E-state index in [0.29, 0.717) is 11.3 Å². The second-order valence-corrected chi connectivity index (χ2v) is 6.48. The van der Waals surface area contributed by atoms with Crippen LogP contribution in [0.15, 0.2) is 16.9 Å². The zero-order chi connectivity index (χ0) is 16.0. The van der Waals surface area contributed by atoms with Crippen molar-refractivity contribution in [3.8, 4) is 0 Å². The van der Waals surface area contributed by atoms with Gasteiger partial charge in [0.25, 0.3) is 5.56 Å². The maximum Gasteiger partial charge on any atom is 0.330 e. The van der Waals surface area contributed by atoms with Crippen molar-refractivity contribution in [2.75, 3.05) is 6.61 Å². The number of rotatable bonds is 3. The van der Waals surface area contributed by atoms with Crippen LogP contribution in [0, 0.1) is 13.8 Å². The summed E-state index contributed by atoms with van der Waals surface area (Å²) < 4.78 is 9.07. The van der Waals surface area contributed by atoms with E-state index in [1.807, 2.05) is 30.4 Å². The second kappa shape index (κ2) is 5.24. The van der Waals surface area contributed by atoms with Crippen LogP contribution in [0.1, 0.15) is 30.6 Å². The fourth-order valence-electron chi connectivity index (χ4n) is 2.61. The predicted molar refractivity (Wildman–Crippen MR) is 85.7 cm³/mol. The third-order valence-electron chi connectivity index (χ3n) is 3.61. The molecule has 0 saturated carbocycles. The zero-order valence-corrected chi connectivity index (χ0v) is 13.7. The Morgan fingerprint density at radius 3 is 2.77 bits per heavy atom. The Morgan fingerprint density at radius 1 is 1.36 bits per heavy atom. The first-order chi connectivity index (χ1) is 10.4. The SMILES string of the molecule is CCOC(=O)[C@H](C)n1nc(C)n2c(cc3sc(C)cc32)c1=O. The van der Waals surface area contributed by atoms with Gasteiger partial charge in [0.1, 0.15) is 11.3 Å². The van der Waals surface area contributed by atoms with Gasteiger partial charge in [0.15, 0.2) is 6.04 Å². The predicted octanol–water partition coefficient (Wildman–Crippen LogP) is 2.45. The molecule has 0 aliphatic heterocycles. The molecule has 1 atom stereocenters. The number of hydrogen-bond donors (Lipinski definition) is 0. The molecule has 0 saturated heterocycles. The summed E-state index contributed by atoms with van der Waals surface area (Å²) in [6.07, 6.45) is 0. The fraction of sp³-hybridized carbons (Fsp3) is 0.400. The van der Waals surface area contributed by atoms with Crippen molar-refractivity contribution in [3.63, 3.8) is 0 Å². The van der Waals surface area contributed by atoms with E-state index < -0.39 is 12.0 Å². The van der Waals surface area contributed by atoms with Crippen LogP contribution in [0.25, 0.3) is 15.7 Å². The third kappa shape index (κ3) is 2.12. The molecular formula is C15H17N3O3S. The Balaban J connectivity index is 2.24. The minimum absolute atomic E-state index is 0.277. The quantitative estimate of drug-likeness (QED) is 0.696. The summed E-state index contributed by atoms with van der Waals surface area (Å²) in [5.74, 6) is 0.212. The number of hydrogen-bond acceptors (Lipinski definition) is 5. The summed E-state index contributed by atoms with van der Waals surface area (Å²) in [6.45, 7) is 7.49. The Kier molecular flexibility index (Phi) is 3.52. The lowest BCUT2D eigenvalue weighted by atomic mass is 10.3. The van der Waals surface area contributed by atoms with E-state index in [1.165, 1.54) is 9.56 Å². The summed E-state index contributed by atoms with van der Waals surface area (Å²) in [5, 5.41) is 4.31. The number of carbonyl (C=O) groups excluding carboxylic acids is 1. The van der Waals surface area contributed by atoms with Gasteiger partial charge in [-0.3, -0.25) is 9.20 Å². The van der Waals surface area contributed by atoms with Crippen molar-refractivity contribution in [1.82, 2.24) is 14.2 Å². The molecule has 6 nitrogen and oxygen atoms in total. The van der Waals surface area contributed by atoms with Crippen molar-refractivity contribution in [3.05, 3.63) is 33.2 Å². The van der Waals surface area contributed by atoms with Crippen molar-refractivity contribution >= 4 is 33.0 Å². The standard InChI is InChI=1S/C15H17N3O3S/c1-5-21-15(20)9(3)18-14(19)12-7-13-11(6-8(2)22-13)17(12)10(4)16-18/h6-7,9H,5H2,1-4H3/t9-/m0/s1. The first kappa shape index (κ1) is 14.8. The van der Waals surface area contributed by atoms with Crippen LogP contribution < -0.4 is 5.56 Å². The number of thiophene rings is 1. The average Bonchev–Trinajstić information content (AvgIpc) is 2.98. The molecule has 0 aliphatic carbocycles. The van der Waals surface area contributed by atoms with Crippen molar-refractivity contribution in [2.24, 2.45) is 0 Å². The molecule has 0 fully saturated rings. The lowest BCUT2D eigenvalue weighted by molar-refractivity contribution is -0.147. The van der Waals surface area contributed by atoms with Crippen molar-refractivity contribution in [2.45, 2.75) is 33.7 Å². The summed E-state index contributed by atoms with van der Waals surface area (Å²) in [4.78, 5) is 25.7. The molecule has 0 bridgehead atoms. The minimum atomic E-state index is -0.745. The highest BCUT2D eigenvalue weighted by atomic mass is 32.1. The molecule has 22 heavy (non-hydrogen) atoms. The number of carbonyl (C=O) groups is 1. The second-order valence-electron chi connectivity index (χ2n) is 5.20. The lowest BCUT2D eigenvalue weighted by Gasteiger charge is -2.14. The molecule has 7 heteroatoms. The maximum absolute atomic E-state index is 12.7. The molecule has 0 amide bonds. The van der Waals surface area contributed by atoms with E-state index in [4.69, 9.17) is 4.74 Å². The number of fused-ring (bicyclic) bond motifs is 3. The van der Waals surface area contributed by atoms with Crippen LogP contribution in [0.3, 0.4) is 0 Å². The molecule has 3 aromatic heterocycles. The summed E-state index contributed by atoms with van der Waals surface area (Å²) in [5.41, 5.74) is 1.23. The maximum atomic E-state index is 12.7. The van der Waals surface area contributed by atoms with E-state index in [0.717, 1.165) is 10.2 Å². The number of ether oxygens (including phenoxy) is 1. The van der Waals surface area contributed by atoms with Crippen LogP contribution in [0.5, 0.6) is 0 Å². The first-order valence-corrected chi connectivity index (χ1v) is 7.93. The highest BCUT2D eigenvalue weighted by molar-refractivity contribution is 7.19. The third-order valence-corrected chi connectivity index (χ3v) is 4.60. The van der Waals surface area contributed by atoms with Crippen LogP contribution >= 0.6 is 11.3 Å². The molecular weight excluding hydrogens is 302 g/mol. The molecule has 3 rings (SSSR count). The largest absolute Gasteiger partial charge is 0.464 e. The zero-order valence-electron chi connectivity index (χ0n) is 12.9. The van der Waals surface area contributed by atoms with Gasteiger partial charge in [0, 0.05) is 4.88 Å². The number of esters is 1. The Labute approximate surface area is 130 Å². The van der Waals surface area contributed by atoms with Gasteiger partial charge in [-0.15, -0.1) is 11.3 Å². The molecule has 0 unspecified atom stereocenters. The van der Waals surface area contributed by atoms with Gasteiger partial charge in [-0.25, -0.2) is 9.48 Å². The van der Waals surface area contributed by atoms with E-state index in [1.54, 1.807) is 25.2 Å². The van der Waals surface area contributed by atoms with E-state index in [9.17, 15) is 9.59 Å². The molecule has 0 radical (unpaired) electrons. The molecule has 0 spiro atoms. The lowest BCUT2D eigenvalue weighted by Crippen LogP contribution is -2.33. The Bertz CT molecular complexity index is 935. The molecule has 0 aromatic carbocycles. The average molecular weight is 319 g/mol. The van der Waals surface area contributed by atoms with Crippen molar-refractivity contribution in [1.29, 1.82) is 0 Å². The van der Waals surface area contributed by atoms with E-state index in [2.05, 4.69) is 5.10 Å². The molecule has 3 heterocycles. The van der Waals surface area contributed by atoms with Gasteiger partial charge in [0.05, 0.1) is 16.8 Å². The first-order valence-electron chi connectivity index (χ1n) is 7.11. The molecule has 116 valence electrons. The van der Waals surface area contributed by atoms with Crippen LogP contribution in [-0.2, 0) is 9.53 Å². The van der Waals surface area contributed by atoms with Crippen LogP contribution in [0.4, 0.5) is 0 Å². The summed E-state index contributed by atoms with van der Waals surface area (Å²) >= 11 is 1.64. The van der Waals surface area contributed by atoms with Crippen LogP contribution in [-0.4, -0.2) is 26.8 Å². The number of aryl methyl sites for hydroxylation is 2. The molecule has 0 aliphatic rings. The Hall–Kier alpha value is -2.15. The summed E-state index contributed by atoms with van der Waals surface area (Å²) in [7, 11) is 0. The minimum Gasteiger partial charge on any atom is -0.464 e. The highest BCUT2D eigenvalue weighted by Crippen LogP contribution is 2.28. The van der Waals surface area contributed by atoms with Gasteiger partial charge < -0.3 is 4.74 Å². The number of nitrogens with zero attached hydrogens (tertiary/aromatic N) is 3. The monoisotopic (exact) mass is 319 g/mol. The topological polar surface area (TPSA) is 65.6 Å². The van der Waals surface area contributed by atoms with Gasteiger partial charge in [-0.05, 0) is 39.8 Å². The van der Waals surface area contributed by atoms with Crippen LogP contribution in [0.2, 0.25) is 0 Å². The van der Waals surface area contributed by atoms with Gasteiger partial charge in [-0.1, -0.05) is 0 Å². The normalized spacial score (nSPS) is 12.9. The highest BCUT2D eigenvalue weighted by Gasteiger charge is 2.22. The Morgan fingerprint density at radius 2 is 2.09 bits per heavy atom.